The molecule has 1 aliphatic heterocycles. The van der Waals surface area contributed by atoms with Crippen LogP contribution in [0.3, 0.4) is 0 Å². The summed E-state index contributed by atoms with van der Waals surface area (Å²) in [4.78, 5) is 2.55. The molecule has 2 aliphatic rings. The Kier molecular flexibility index (Phi) is 4.58. The fourth-order valence-corrected chi connectivity index (χ4v) is 3.47. The van der Waals surface area contributed by atoms with Crippen LogP contribution >= 0.6 is 0 Å². The molecule has 0 radical (unpaired) electrons. The molecule has 1 saturated heterocycles. The third-order valence-electron chi connectivity index (χ3n) is 4.63. The van der Waals surface area contributed by atoms with Crippen LogP contribution in [0.4, 0.5) is 0 Å². The smallest absolute Gasteiger partial charge is 0.119 e. The van der Waals surface area contributed by atoms with Gasteiger partial charge in [0.05, 0.1) is 6.61 Å². The van der Waals surface area contributed by atoms with Crippen LogP contribution in [0.25, 0.3) is 0 Å². The summed E-state index contributed by atoms with van der Waals surface area (Å²) < 4.78 is 5.91. The first-order chi connectivity index (χ1) is 9.86. The molecule has 0 saturated carbocycles. The van der Waals surface area contributed by atoms with Crippen LogP contribution < -0.4 is 10.1 Å². The first-order valence-corrected chi connectivity index (χ1v) is 8.02. The molecule has 20 heavy (non-hydrogen) atoms. The topological polar surface area (TPSA) is 24.5 Å². The molecule has 0 aromatic heterocycles. The Morgan fingerprint density at radius 2 is 2.15 bits per heavy atom. The van der Waals surface area contributed by atoms with Gasteiger partial charge in [0, 0.05) is 12.6 Å². The van der Waals surface area contributed by atoms with Gasteiger partial charge < -0.3 is 15.0 Å². The van der Waals surface area contributed by atoms with Crippen LogP contribution in [0.1, 0.15) is 42.9 Å². The van der Waals surface area contributed by atoms with Crippen molar-refractivity contribution in [3.05, 3.63) is 29.3 Å². The van der Waals surface area contributed by atoms with Gasteiger partial charge in [0.25, 0.3) is 0 Å². The molecule has 1 N–H and O–H groups in total. The Labute approximate surface area is 122 Å². The lowest BCUT2D eigenvalue weighted by Crippen LogP contribution is -2.21. The van der Waals surface area contributed by atoms with E-state index < -0.39 is 0 Å². The third-order valence-corrected chi connectivity index (χ3v) is 4.63. The second-order valence-electron chi connectivity index (χ2n) is 5.99. The highest BCUT2D eigenvalue weighted by molar-refractivity contribution is 5.40. The first-order valence-electron chi connectivity index (χ1n) is 8.02. The Bertz CT molecular complexity index is 441. The predicted molar refractivity (Wildman–Crippen MR) is 82.3 cm³/mol. The van der Waals surface area contributed by atoms with Gasteiger partial charge in [-0.1, -0.05) is 6.07 Å². The molecular formula is C17H26N2O. The van der Waals surface area contributed by atoms with Crippen LogP contribution in [0, 0.1) is 0 Å². The number of rotatable bonds is 6. The lowest BCUT2D eigenvalue weighted by atomic mass is 10.1. The first kappa shape index (κ1) is 13.9. The molecule has 1 unspecified atom stereocenters. The van der Waals surface area contributed by atoms with Crippen LogP contribution in [0.2, 0.25) is 0 Å². The zero-order valence-electron chi connectivity index (χ0n) is 12.5. The lowest BCUT2D eigenvalue weighted by Gasteiger charge is -2.15. The lowest BCUT2D eigenvalue weighted by molar-refractivity contribution is 0.263. The molecular weight excluding hydrogens is 248 g/mol. The molecule has 0 spiro atoms. The summed E-state index contributed by atoms with van der Waals surface area (Å²) in [6, 6.07) is 7.14. The van der Waals surface area contributed by atoms with Crippen molar-refractivity contribution in [2.45, 2.75) is 38.1 Å². The van der Waals surface area contributed by atoms with Gasteiger partial charge in [-0.3, -0.25) is 0 Å². The second kappa shape index (κ2) is 6.59. The molecule has 1 aliphatic carbocycles. The molecule has 3 rings (SSSR count). The maximum atomic E-state index is 5.91. The van der Waals surface area contributed by atoms with Gasteiger partial charge in [0.1, 0.15) is 5.75 Å². The second-order valence-corrected chi connectivity index (χ2v) is 5.99. The van der Waals surface area contributed by atoms with Crippen LogP contribution in [0.5, 0.6) is 5.75 Å². The van der Waals surface area contributed by atoms with Crippen LogP contribution in [0.15, 0.2) is 18.2 Å². The van der Waals surface area contributed by atoms with E-state index in [9.17, 15) is 0 Å². The van der Waals surface area contributed by atoms with Crippen molar-refractivity contribution < 1.29 is 4.74 Å². The maximum absolute atomic E-state index is 5.91. The molecule has 1 fully saturated rings. The molecule has 3 nitrogen and oxygen atoms in total. The normalized spacial score (nSPS) is 22.1. The molecule has 0 bridgehead atoms. The van der Waals surface area contributed by atoms with Gasteiger partial charge in [0.15, 0.2) is 0 Å². The molecule has 1 aromatic rings. The number of benzene rings is 1. The number of ether oxygens (including phenoxy) is 1. The van der Waals surface area contributed by atoms with Gasteiger partial charge in [0.2, 0.25) is 0 Å². The van der Waals surface area contributed by atoms with Crippen molar-refractivity contribution in [1.29, 1.82) is 0 Å². The predicted octanol–water partition coefficient (Wildman–Crippen LogP) is 2.76. The van der Waals surface area contributed by atoms with Crippen LogP contribution in [-0.2, 0) is 6.42 Å². The number of aryl methyl sites for hydroxylation is 1. The highest BCUT2D eigenvalue weighted by Crippen LogP contribution is 2.33. The summed E-state index contributed by atoms with van der Waals surface area (Å²) in [6.07, 6.45) is 6.27. The van der Waals surface area contributed by atoms with Gasteiger partial charge in [-0.2, -0.15) is 0 Å². The zero-order valence-corrected chi connectivity index (χ0v) is 12.5. The van der Waals surface area contributed by atoms with E-state index in [0.717, 1.165) is 18.8 Å². The van der Waals surface area contributed by atoms with Crippen molar-refractivity contribution in [3.63, 3.8) is 0 Å². The summed E-state index contributed by atoms with van der Waals surface area (Å²) in [7, 11) is 2.04. The summed E-state index contributed by atoms with van der Waals surface area (Å²) >= 11 is 0. The fourth-order valence-electron chi connectivity index (χ4n) is 3.47. The third kappa shape index (κ3) is 3.15. The molecule has 1 heterocycles. The number of nitrogens with one attached hydrogen (secondary N) is 1. The number of likely N-dealkylation sites (tertiary alicyclic amines) is 1. The van der Waals surface area contributed by atoms with E-state index in [1.807, 2.05) is 7.05 Å². The molecule has 1 aromatic carbocycles. The average molecular weight is 274 g/mol. The van der Waals surface area contributed by atoms with E-state index in [-0.39, 0.29) is 0 Å². The SMILES string of the molecule is CNC1CCc2cc(OCCCN3CCCC3)ccc21. The van der Waals surface area contributed by atoms with Crippen molar-refractivity contribution >= 4 is 0 Å². The van der Waals surface area contributed by atoms with Crippen molar-refractivity contribution in [3.8, 4) is 5.75 Å². The molecule has 1 atom stereocenters. The zero-order chi connectivity index (χ0) is 13.8. The molecule has 110 valence electrons. The minimum absolute atomic E-state index is 0.536. The standard InChI is InChI=1S/C17H26N2O/c1-18-17-8-5-14-13-15(6-7-16(14)17)20-12-4-11-19-9-2-3-10-19/h6-7,13,17-18H,2-5,8-12H2,1H3. The number of fused-ring (bicyclic) bond motifs is 1. The van der Waals surface area contributed by atoms with Crippen molar-refractivity contribution in [2.24, 2.45) is 0 Å². The Balaban J connectivity index is 1.46. The minimum Gasteiger partial charge on any atom is -0.494 e. The monoisotopic (exact) mass is 274 g/mol. The largest absolute Gasteiger partial charge is 0.494 e. The summed E-state index contributed by atoms with van der Waals surface area (Å²) in [5.74, 6) is 1.04. The van der Waals surface area contributed by atoms with Crippen LogP contribution in [-0.4, -0.2) is 38.2 Å². The summed E-state index contributed by atoms with van der Waals surface area (Å²) in [6.45, 7) is 4.59. The van der Waals surface area contributed by atoms with Gasteiger partial charge >= 0.3 is 0 Å². The fraction of sp³-hybridized carbons (Fsp3) is 0.647. The van der Waals surface area contributed by atoms with E-state index in [0.29, 0.717) is 6.04 Å². The average Bonchev–Trinajstić information content (AvgIpc) is 3.12. The molecule has 3 heteroatoms. The van der Waals surface area contributed by atoms with Gasteiger partial charge in [-0.15, -0.1) is 0 Å². The highest BCUT2D eigenvalue weighted by atomic mass is 16.5. The van der Waals surface area contributed by atoms with E-state index in [1.165, 1.54) is 56.4 Å². The highest BCUT2D eigenvalue weighted by Gasteiger charge is 2.21. The van der Waals surface area contributed by atoms with E-state index >= 15 is 0 Å². The van der Waals surface area contributed by atoms with E-state index in [4.69, 9.17) is 4.74 Å². The summed E-state index contributed by atoms with van der Waals surface area (Å²) in [5, 5.41) is 3.38. The molecule has 0 amide bonds. The van der Waals surface area contributed by atoms with Crippen molar-refractivity contribution in [1.82, 2.24) is 10.2 Å². The number of hydrogen-bond donors (Lipinski definition) is 1. The Hall–Kier alpha value is -1.06. The van der Waals surface area contributed by atoms with Crippen molar-refractivity contribution in [2.75, 3.05) is 33.3 Å². The number of hydrogen-bond acceptors (Lipinski definition) is 3. The Morgan fingerprint density at radius 1 is 1.30 bits per heavy atom. The number of nitrogens with zero attached hydrogens (tertiary/aromatic N) is 1. The summed E-state index contributed by atoms with van der Waals surface area (Å²) in [5.41, 5.74) is 2.92. The quantitative estimate of drug-likeness (QED) is 0.807. The minimum atomic E-state index is 0.536. The van der Waals surface area contributed by atoms with Gasteiger partial charge in [-0.05, 0) is 75.5 Å². The Morgan fingerprint density at radius 3 is 2.95 bits per heavy atom. The van der Waals surface area contributed by atoms with E-state index in [2.05, 4.69) is 28.4 Å². The van der Waals surface area contributed by atoms with Gasteiger partial charge in [-0.25, -0.2) is 0 Å². The maximum Gasteiger partial charge on any atom is 0.119 e. The van der Waals surface area contributed by atoms with E-state index in [1.54, 1.807) is 0 Å².